The van der Waals surface area contributed by atoms with Crippen LogP contribution in [0.4, 0.5) is 4.39 Å². The summed E-state index contributed by atoms with van der Waals surface area (Å²) >= 11 is 0. The van der Waals surface area contributed by atoms with Crippen molar-refractivity contribution >= 4 is 28.7 Å². The van der Waals surface area contributed by atoms with Crippen LogP contribution < -0.4 is 10.9 Å². The maximum absolute atomic E-state index is 15.1. The van der Waals surface area contributed by atoms with Crippen LogP contribution in [0.2, 0.25) is 0 Å². The van der Waals surface area contributed by atoms with Gasteiger partial charge in [-0.05, 0) is 61.8 Å². The number of hydrogen-bond acceptors (Lipinski definition) is 8. The molecule has 11 nitrogen and oxygen atoms in total. The molecule has 3 aliphatic heterocycles. The van der Waals surface area contributed by atoms with E-state index in [9.17, 15) is 29.4 Å². The number of esters is 1. The van der Waals surface area contributed by atoms with Crippen molar-refractivity contribution in [2.75, 3.05) is 13.2 Å². The van der Waals surface area contributed by atoms with Crippen molar-refractivity contribution in [1.29, 1.82) is 0 Å². The van der Waals surface area contributed by atoms with Crippen LogP contribution in [-0.2, 0) is 44.3 Å². The normalized spacial score (nSPS) is 23.6. The first-order valence-corrected chi connectivity index (χ1v) is 14.6. The zero-order valence-electron chi connectivity index (χ0n) is 23.8. The maximum Gasteiger partial charge on any atom is 0.343 e. The Morgan fingerprint density at radius 3 is 2.74 bits per heavy atom. The van der Waals surface area contributed by atoms with Gasteiger partial charge in [-0.15, -0.1) is 0 Å². The molecule has 2 aromatic heterocycles. The highest BCUT2D eigenvalue weighted by atomic mass is 19.1. The minimum absolute atomic E-state index is 0.00387. The number of nitrogens with zero attached hydrogens (tertiary/aromatic N) is 3. The van der Waals surface area contributed by atoms with Crippen LogP contribution in [-0.4, -0.2) is 61.6 Å². The van der Waals surface area contributed by atoms with Gasteiger partial charge in [0.15, 0.2) is 5.60 Å². The molecule has 0 bridgehead atoms. The second kappa shape index (κ2) is 9.68. The summed E-state index contributed by atoms with van der Waals surface area (Å²) in [6, 6.07) is 1.75. The number of carbonyl (C=O) groups is 3. The lowest BCUT2D eigenvalue weighted by molar-refractivity contribution is -0.172. The summed E-state index contributed by atoms with van der Waals surface area (Å²) < 4.78 is 21.8. The lowest BCUT2D eigenvalue weighted by Crippen LogP contribution is -2.48. The first kappa shape index (κ1) is 27.7. The summed E-state index contributed by atoms with van der Waals surface area (Å²) in [5.74, 6) is -2.07. The lowest BCUT2D eigenvalue weighted by atomic mass is 9.81. The Morgan fingerprint density at radius 1 is 1.21 bits per heavy atom. The predicted octanol–water partition coefficient (Wildman–Crippen LogP) is 1.61. The standard InChI is InChI=1S/C31H31FN4O7/c1-3-31(42)18-9-23-27-16(11-36(23)29(40)17(18)13-43-30(31)41)26-20(34-28(39)22-5-4-8-35(22)24(38)12-37)7-6-15-14(2)19(32)10-21(33-27)25(15)26/h9-10,20,22,37,42H,3-8,11-13H2,1-2H3,(H,34,39)/t20-,22-,31-/m0/s1. The number of pyridine rings is 2. The second-order valence-electron chi connectivity index (χ2n) is 11.8. The van der Waals surface area contributed by atoms with E-state index in [2.05, 4.69) is 5.32 Å². The number of aliphatic hydroxyl groups is 2. The number of aryl methyl sites for hydroxylation is 1. The van der Waals surface area contributed by atoms with Crippen molar-refractivity contribution in [3.63, 3.8) is 0 Å². The molecule has 2 amide bonds. The van der Waals surface area contributed by atoms with E-state index in [4.69, 9.17) is 9.72 Å². The Morgan fingerprint density at radius 2 is 2.00 bits per heavy atom. The van der Waals surface area contributed by atoms with E-state index in [1.807, 2.05) is 0 Å². The number of aliphatic hydroxyl groups excluding tert-OH is 1. The largest absolute Gasteiger partial charge is 0.458 e. The van der Waals surface area contributed by atoms with Crippen LogP contribution in [0.5, 0.6) is 0 Å². The van der Waals surface area contributed by atoms with Crippen LogP contribution in [0.25, 0.3) is 22.3 Å². The highest BCUT2D eigenvalue weighted by molar-refractivity contribution is 5.95. The molecular weight excluding hydrogens is 559 g/mol. The van der Waals surface area contributed by atoms with E-state index in [-0.39, 0.29) is 36.6 Å². The summed E-state index contributed by atoms with van der Waals surface area (Å²) in [6.07, 6.45) is 2.08. The summed E-state index contributed by atoms with van der Waals surface area (Å²) in [6.45, 7) is 2.93. The molecule has 5 heterocycles. The van der Waals surface area contributed by atoms with E-state index in [0.717, 1.165) is 16.5 Å². The zero-order chi connectivity index (χ0) is 30.4. The third-order valence-corrected chi connectivity index (χ3v) is 9.71. The van der Waals surface area contributed by atoms with Gasteiger partial charge in [0.1, 0.15) is 25.1 Å². The molecule has 4 aliphatic rings. The molecule has 1 aromatic carbocycles. The number of rotatable bonds is 4. The van der Waals surface area contributed by atoms with Crippen molar-refractivity contribution in [2.24, 2.45) is 0 Å². The van der Waals surface area contributed by atoms with E-state index in [1.165, 1.54) is 15.5 Å². The van der Waals surface area contributed by atoms with Gasteiger partial charge < -0.3 is 29.7 Å². The highest BCUT2D eigenvalue weighted by Crippen LogP contribution is 2.46. The van der Waals surface area contributed by atoms with Crippen molar-refractivity contribution < 1.29 is 33.7 Å². The van der Waals surface area contributed by atoms with Gasteiger partial charge in [0, 0.05) is 29.1 Å². The van der Waals surface area contributed by atoms with Crippen LogP contribution in [0, 0.1) is 12.7 Å². The number of cyclic esters (lactones) is 1. The monoisotopic (exact) mass is 590 g/mol. The number of carbonyl (C=O) groups excluding carboxylic acids is 3. The van der Waals surface area contributed by atoms with Gasteiger partial charge >= 0.3 is 5.97 Å². The number of nitrogens with one attached hydrogen (secondary N) is 1. The van der Waals surface area contributed by atoms with E-state index in [0.29, 0.717) is 60.3 Å². The summed E-state index contributed by atoms with van der Waals surface area (Å²) in [5.41, 5.74) is 1.93. The molecule has 0 saturated carbocycles. The summed E-state index contributed by atoms with van der Waals surface area (Å²) in [5, 5.41) is 24.5. The quantitative estimate of drug-likeness (QED) is 0.304. The van der Waals surface area contributed by atoms with E-state index >= 15 is 4.39 Å². The van der Waals surface area contributed by atoms with E-state index < -0.39 is 47.5 Å². The van der Waals surface area contributed by atoms with Gasteiger partial charge in [0.05, 0.1) is 35.1 Å². The fourth-order valence-electron chi connectivity index (χ4n) is 7.40. The average Bonchev–Trinajstić information content (AvgIpc) is 3.64. The molecular formula is C31H31FN4O7. The predicted molar refractivity (Wildman–Crippen MR) is 150 cm³/mol. The van der Waals surface area contributed by atoms with Gasteiger partial charge in [-0.25, -0.2) is 14.2 Å². The minimum Gasteiger partial charge on any atom is -0.458 e. The molecule has 3 atom stereocenters. The molecule has 7 rings (SSSR count). The molecule has 1 fully saturated rings. The molecule has 3 aromatic rings. The van der Waals surface area contributed by atoms with Gasteiger partial charge in [-0.2, -0.15) is 0 Å². The number of aromatic nitrogens is 2. The Balaban J connectivity index is 1.40. The first-order valence-electron chi connectivity index (χ1n) is 14.6. The van der Waals surface area contributed by atoms with E-state index in [1.54, 1.807) is 19.9 Å². The maximum atomic E-state index is 15.1. The van der Waals surface area contributed by atoms with Crippen molar-refractivity contribution in [3.8, 4) is 11.4 Å². The third-order valence-electron chi connectivity index (χ3n) is 9.71. The van der Waals surface area contributed by atoms with Gasteiger partial charge in [0.25, 0.3) is 5.56 Å². The number of fused-ring (bicyclic) bond motifs is 5. The Labute approximate surface area is 245 Å². The summed E-state index contributed by atoms with van der Waals surface area (Å²) in [4.78, 5) is 58.5. The SMILES string of the molecule is CC[C@@]1(O)C(=O)OCc2c1cc1n(c2=O)Cc2c-1nc1cc(F)c(C)c3c1c2[C@@H](NC(=O)[C@@H]1CCCN1C(=O)CO)CC3. The van der Waals surface area contributed by atoms with Gasteiger partial charge in [-0.3, -0.25) is 14.4 Å². The van der Waals surface area contributed by atoms with Crippen LogP contribution in [0.3, 0.4) is 0 Å². The fourth-order valence-corrected chi connectivity index (χ4v) is 7.40. The molecule has 43 heavy (non-hydrogen) atoms. The Kier molecular flexibility index (Phi) is 6.23. The number of ether oxygens (including phenoxy) is 1. The molecule has 0 spiro atoms. The highest BCUT2D eigenvalue weighted by Gasteiger charge is 2.46. The van der Waals surface area contributed by atoms with Crippen LogP contribution >= 0.6 is 0 Å². The first-order chi connectivity index (χ1) is 20.6. The molecule has 12 heteroatoms. The molecule has 0 radical (unpaired) electrons. The molecule has 1 aliphatic carbocycles. The van der Waals surface area contributed by atoms with Crippen molar-refractivity contribution in [3.05, 3.63) is 61.7 Å². The second-order valence-corrected chi connectivity index (χ2v) is 11.8. The average molecular weight is 591 g/mol. The zero-order valence-corrected chi connectivity index (χ0v) is 23.8. The number of amides is 2. The lowest BCUT2D eigenvalue weighted by Gasteiger charge is -2.32. The molecule has 224 valence electrons. The minimum atomic E-state index is -1.98. The van der Waals surface area contributed by atoms with Crippen molar-refractivity contribution in [2.45, 2.75) is 76.8 Å². The Bertz CT molecular complexity index is 1840. The number of hydrogen-bond donors (Lipinski definition) is 3. The third kappa shape index (κ3) is 3.82. The Hall–Kier alpha value is -4.16. The molecule has 3 N–H and O–H groups in total. The topological polar surface area (TPSA) is 151 Å². The fraction of sp³-hybridized carbons (Fsp3) is 0.452. The summed E-state index contributed by atoms with van der Waals surface area (Å²) in [7, 11) is 0. The van der Waals surface area contributed by atoms with Gasteiger partial charge in [0.2, 0.25) is 11.8 Å². The number of likely N-dealkylation sites (tertiary alicyclic amines) is 1. The van der Waals surface area contributed by atoms with Crippen molar-refractivity contribution in [1.82, 2.24) is 19.8 Å². The smallest absolute Gasteiger partial charge is 0.343 e. The number of benzene rings is 1. The van der Waals surface area contributed by atoms with Crippen LogP contribution in [0.15, 0.2) is 16.9 Å². The number of halogens is 1. The molecule has 1 saturated heterocycles. The molecule has 0 unspecified atom stereocenters. The van der Waals surface area contributed by atoms with Gasteiger partial charge in [-0.1, -0.05) is 6.92 Å². The van der Waals surface area contributed by atoms with Crippen LogP contribution in [0.1, 0.15) is 72.0 Å².